The first-order chi connectivity index (χ1) is 9.52. The van der Waals surface area contributed by atoms with E-state index < -0.39 is 10.0 Å². The quantitative estimate of drug-likeness (QED) is 0.772. The molecule has 5 heteroatoms. The second kappa shape index (κ2) is 6.70. The SMILES string of the molecule is CCC(CC1CC1)NS(=O)(=O)Cc1ccc(CN)cc1. The van der Waals surface area contributed by atoms with Crippen LogP contribution in [0, 0.1) is 5.92 Å². The average molecular weight is 296 g/mol. The van der Waals surface area contributed by atoms with Crippen LogP contribution in [0.1, 0.15) is 43.7 Å². The van der Waals surface area contributed by atoms with Crippen LogP contribution in [0.2, 0.25) is 0 Å². The molecule has 20 heavy (non-hydrogen) atoms. The van der Waals surface area contributed by atoms with Crippen LogP contribution in [0.4, 0.5) is 0 Å². The number of hydrogen-bond donors (Lipinski definition) is 2. The predicted octanol–water partition coefficient (Wildman–Crippen LogP) is 2.14. The lowest BCUT2D eigenvalue weighted by atomic mass is 10.1. The molecule has 0 amide bonds. The summed E-state index contributed by atoms with van der Waals surface area (Å²) in [6.07, 6.45) is 4.32. The molecule has 1 aliphatic carbocycles. The zero-order valence-electron chi connectivity index (χ0n) is 12.0. The van der Waals surface area contributed by atoms with E-state index in [0.717, 1.165) is 29.9 Å². The first-order valence-electron chi connectivity index (χ1n) is 7.30. The Hall–Kier alpha value is -0.910. The third-order valence-electron chi connectivity index (χ3n) is 3.77. The number of sulfonamides is 1. The molecule has 1 aromatic rings. The van der Waals surface area contributed by atoms with Crippen LogP contribution in [0.5, 0.6) is 0 Å². The molecule has 0 spiro atoms. The van der Waals surface area contributed by atoms with E-state index in [1.807, 2.05) is 31.2 Å². The lowest BCUT2D eigenvalue weighted by molar-refractivity contribution is 0.495. The molecule has 1 saturated carbocycles. The van der Waals surface area contributed by atoms with Gasteiger partial charge < -0.3 is 5.73 Å². The first-order valence-corrected chi connectivity index (χ1v) is 8.95. The van der Waals surface area contributed by atoms with Gasteiger partial charge in [-0.05, 0) is 29.9 Å². The van der Waals surface area contributed by atoms with Gasteiger partial charge in [0.15, 0.2) is 0 Å². The molecule has 1 unspecified atom stereocenters. The second-order valence-corrected chi connectivity index (χ2v) is 7.44. The summed E-state index contributed by atoms with van der Waals surface area (Å²) in [7, 11) is -3.26. The number of nitrogens with two attached hydrogens (primary N) is 1. The van der Waals surface area contributed by atoms with Gasteiger partial charge in [0.1, 0.15) is 0 Å². The molecular weight excluding hydrogens is 272 g/mol. The zero-order valence-corrected chi connectivity index (χ0v) is 12.8. The Bertz CT molecular complexity index is 521. The van der Waals surface area contributed by atoms with E-state index >= 15 is 0 Å². The highest BCUT2D eigenvalue weighted by atomic mass is 32.2. The van der Waals surface area contributed by atoms with Gasteiger partial charge in [0.05, 0.1) is 5.75 Å². The van der Waals surface area contributed by atoms with Crippen LogP contribution < -0.4 is 10.5 Å². The Balaban J connectivity index is 1.94. The fourth-order valence-corrected chi connectivity index (χ4v) is 3.83. The number of hydrogen-bond acceptors (Lipinski definition) is 3. The average Bonchev–Trinajstić information content (AvgIpc) is 3.22. The van der Waals surface area contributed by atoms with Gasteiger partial charge in [0.25, 0.3) is 0 Å². The van der Waals surface area contributed by atoms with Crippen molar-refractivity contribution >= 4 is 10.0 Å². The summed E-state index contributed by atoms with van der Waals surface area (Å²) in [5.74, 6) is 0.769. The third-order valence-corrected chi connectivity index (χ3v) is 5.17. The summed E-state index contributed by atoms with van der Waals surface area (Å²) < 4.78 is 27.2. The van der Waals surface area contributed by atoms with E-state index in [1.54, 1.807) is 0 Å². The van der Waals surface area contributed by atoms with Crippen LogP contribution >= 0.6 is 0 Å². The van der Waals surface area contributed by atoms with Crippen LogP contribution in [0.3, 0.4) is 0 Å². The Morgan fingerprint density at radius 3 is 2.35 bits per heavy atom. The molecule has 0 aliphatic heterocycles. The summed E-state index contributed by atoms with van der Waals surface area (Å²) in [4.78, 5) is 0. The minimum absolute atomic E-state index is 0.0407. The number of nitrogens with one attached hydrogen (secondary N) is 1. The van der Waals surface area contributed by atoms with Crippen LogP contribution in [0.25, 0.3) is 0 Å². The second-order valence-electron chi connectivity index (χ2n) is 5.68. The molecule has 1 aromatic carbocycles. The molecule has 1 atom stereocenters. The highest BCUT2D eigenvalue weighted by molar-refractivity contribution is 7.88. The van der Waals surface area contributed by atoms with Crippen LogP contribution in [0.15, 0.2) is 24.3 Å². The normalized spacial score (nSPS) is 17.1. The van der Waals surface area contributed by atoms with Crippen molar-refractivity contribution < 1.29 is 8.42 Å². The number of benzene rings is 1. The Morgan fingerprint density at radius 1 is 1.25 bits per heavy atom. The maximum atomic E-state index is 12.2. The smallest absolute Gasteiger partial charge is 0.216 e. The van der Waals surface area contributed by atoms with E-state index in [0.29, 0.717) is 6.54 Å². The van der Waals surface area contributed by atoms with Crippen molar-refractivity contribution in [2.24, 2.45) is 11.7 Å². The van der Waals surface area contributed by atoms with Crippen LogP contribution in [-0.4, -0.2) is 14.5 Å². The molecule has 1 fully saturated rings. The van der Waals surface area contributed by atoms with Gasteiger partial charge in [-0.1, -0.05) is 44.0 Å². The number of rotatable bonds is 8. The van der Waals surface area contributed by atoms with E-state index in [1.165, 1.54) is 12.8 Å². The molecule has 0 aromatic heterocycles. The van der Waals surface area contributed by atoms with Gasteiger partial charge in [0, 0.05) is 12.6 Å². The van der Waals surface area contributed by atoms with Crippen molar-refractivity contribution in [2.75, 3.05) is 0 Å². The molecule has 0 bridgehead atoms. The highest BCUT2D eigenvalue weighted by Gasteiger charge is 2.27. The van der Waals surface area contributed by atoms with Gasteiger partial charge in [-0.3, -0.25) is 0 Å². The molecule has 0 saturated heterocycles. The summed E-state index contributed by atoms with van der Waals surface area (Å²) in [6, 6.07) is 7.52. The first kappa shape index (κ1) is 15.5. The summed E-state index contributed by atoms with van der Waals surface area (Å²) in [5.41, 5.74) is 7.35. The predicted molar refractivity (Wildman–Crippen MR) is 81.5 cm³/mol. The molecule has 3 N–H and O–H groups in total. The Kier molecular flexibility index (Phi) is 5.18. The maximum absolute atomic E-state index is 12.2. The van der Waals surface area contributed by atoms with Crippen molar-refractivity contribution in [1.82, 2.24) is 4.72 Å². The highest BCUT2D eigenvalue weighted by Crippen LogP contribution is 2.34. The van der Waals surface area contributed by atoms with Crippen molar-refractivity contribution in [3.63, 3.8) is 0 Å². The topological polar surface area (TPSA) is 72.2 Å². The zero-order chi connectivity index (χ0) is 14.6. The molecular formula is C15H24N2O2S. The summed E-state index contributed by atoms with van der Waals surface area (Å²) in [6.45, 7) is 2.51. The van der Waals surface area contributed by atoms with E-state index in [2.05, 4.69) is 4.72 Å². The minimum Gasteiger partial charge on any atom is -0.326 e. The van der Waals surface area contributed by atoms with E-state index in [4.69, 9.17) is 5.73 Å². The van der Waals surface area contributed by atoms with Crippen LogP contribution in [-0.2, 0) is 22.3 Å². The summed E-state index contributed by atoms with van der Waals surface area (Å²) in [5, 5.41) is 0. The Morgan fingerprint density at radius 2 is 1.85 bits per heavy atom. The lowest BCUT2D eigenvalue weighted by Gasteiger charge is -2.16. The Labute approximate surface area is 121 Å². The van der Waals surface area contributed by atoms with Gasteiger partial charge in [-0.15, -0.1) is 0 Å². The summed E-state index contributed by atoms with van der Waals surface area (Å²) >= 11 is 0. The molecule has 112 valence electrons. The molecule has 1 aliphatic rings. The largest absolute Gasteiger partial charge is 0.326 e. The fourth-order valence-electron chi connectivity index (χ4n) is 2.34. The fraction of sp³-hybridized carbons (Fsp3) is 0.600. The van der Waals surface area contributed by atoms with Crippen molar-refractivity contribution in [2.45, 2.75) is 50.9 Å². The van der Waals surface area contributed by atoms with Gasteiger partial charge >= 0.3 is 0 Å². The monoisotopic (exact) mass is 296 g/mol. The molecule has 4 nitrogen and oxygen atoms in total. The molecule has 0 heterocycles. The van der Waals surface area contributed by atoms with Gasteiger partial charge in [0.2, 0.25) is 10.0 Å². The van der Waals surface area contributed by atoms with E-state index in [9.17, 15) is 8.42 Å². The minimum atomic E-state index is -3.26. The van der Waals surface area contributed by atoms with Crippen molar-refractivity contribution in [3.8, 4) is 0 Å². The van der Waals surface area contributed by atoms with Gasteiger partial charge in [-0.2, -0.15) is 0 Å². The van der Waals surface area contributed by atoms with Gasteiger partial charge in [-0.25, -0.2) is 13.1 Å². The van der Waals surface area contributed by atoms with E-state index in [-0.39, 0.29) is 11.8 Å². The third kappa shape index (κ3) is 4.89. The maximum Gasteiger partial charge on any atom is 0.216 e. The standard InChI is InChI=1S/C15H24N2O2S/c1-2-15(9-12-3-4-12)17-20(18,19)11-14-7-5-13(10-16)6-8-14/h5-8,12,15,17H,2-4,9-11,16H2,1H3. The van der Waals surface area contributed by atoms with Crippen molar-refractivity contribution in [3.05, 3.63) is 35.4 Å². The molecule has 0 radical (unpaired) electrons. The lowest BCUT2D eigenvalue weighted by Crippen LogP contribution is -2.35. The van der Waals surface area contributed by atoms with Crippen molar-refractivity contribution in [1.29, 1.82) is 0 Å². The molecule has 2 rings (SSSR count).